The molecular weight excluding hydrogens is 202 g/mol. The van der Waals surface area contributed by atoms with Crippen molar-refractivity contribution in [2.75, 3.05) is 33.8 Å². The smallest absolute Gasteiger partial charge is 0.341 e. The molecule has 7 heteroatoms. The summed E-state index contributed by atoms with van der Waals surface area (Å²) < 4.78 is 0. The molecule has 0 aliphatic heterocycles. The zero-order chi connectivity index (χ0) is 11.7. The maximum absolute atomic E-state index is 11.2. The van der Waals surface area contributed by atoms with E-state index in [9.17, 15) is 9.59 Å². The second-order valence-corrected chi connectivity index (χ2v) is 2.97. The minimum atomic E-state index is -1.13. The van der Waals surface area contributed by atoms with Gasteiger partial charge in [-0.2, -0.15) is 0 Å². The fraction of sp³-hybridized carbons (Fsp3) is 0.750. The van der Waals surface area contributed by atoms with Crippen LogP contribution in [0.4, 0.5) is 4.79 Å². The molecule has 0 rings (SSSR count). The van der Waals surface area contributed by atoms with Crippen LogP contribution in [0.3, 0.4) is 0 Å². The fourth-order valence-corrected chi connectivity index (χ4v) is 0.832. The van der Waals surface area contributed by atoms with E-state index in [4.69, 9.17) is 5.11 Å². The molecular formula is C8H17N3O4. The number of carbonyl (C=O) groups excluding carboxylic acids is 1. The Morgan fingerprint density at radius 3 is 2.67 bits per heavy atom. The molecule has 0 fully saturated rings. The Morgan fingerprint density at radius 2 is 2.13 bits per heavy atom. The molecule has 0 saturated carbocycles. The summed E-state index contributed by atoms with van der Waals surface area (Å²) in [4.78, 5) is 27.1. The minimum absolute atomic E-state index is 0.452. The molecule has 0 atom stereocenters. The normalized spacial score (nSPS) is 9.73. The van der Waals surface area contributed by atoms with E-state index < -0.39 is 18.6 Å². The van der Waals surface area contributed by atoms with E-state index in [0.29, 0.717) is 6.54 Å². The minimum Gasteiger partial charge on any atom is -0.479 e. The van der Waals surface area contributed by atoms with Gasteiger partial charge in [0, 0.05) is 13.6 Å². The van der Waals surface area contributed by atoms with Crippen LogP contribution < -0.4 is 10.8 Å². The maximum atomic E-state index is 11.2. The first-order chi connectivity index (χ1) is 7.07. The van der Waals surface area contributed by atoms with Gasteiger partial charge in [0.15, 0.2) is 6.61 Å². The molecule has 3 N–H and O–H groups in total. The van der Waals surface area contributed by atoms with Crippen LogP contribution in [0.15, 0.2) is 0 Å². The zero-order valence-electron chi connectivity index (χ0n) is 8.95. The number of hydrogen-bond donors (Lipinski definition) is 3. The molecule has 0 aliphatic carbocycles. The Morgan fingerprint density at radius 1 is 1.47 bits per heavy atom. The van der Waals surface area contributed by atoms with Crippen molar-refractivity contribution in [2.24, 2.45) is 0 Å². The molecule has 2 amide bonds. The molecule has 0 saturated heterocycles. The van der Waals surface area contributed by atoms with Gasteiger partial charge in [-0.05, 0) is 20.0 Å². The topological polar surface area (TPSA) is 90.9 Å². The van der Waals surface area contributed by atoms with Crippen LogP contribution in [0, 0.1) is 0 Å². The van der Waals surface area contributed by atoms with Crippen LogP contribution in [0.5, 0.6) is 0 Å². The number of hydroxylamine groups is 1. The number of hydrogen-bond acceptors (Lipinski definition) is 4. The lowest BCUT2D eigenvalue weighted by atomic mass is 10.4. The number of carboxylic acids is 1. The molecule has 0 radical (unpaired) electrons. The number of aliphatic carboxylic acids is 1. The molecule has 0 unspecified atom stereocenters. The number of nitrogens with zero attached hydrogens (tertiary/aromatic N) is 1. The number of amides is 2. The summed E-state index contributed by atoms with van der Waals surface area (Å²) in [5.74, 6) is -1.13. The molecule has 7 nitrogen and oxygen atoms in total. The van der Waals surface area contributed by atoms with Crippen molar-refractivity contribution in [2.45, 2.75) is 6.42 Å². The van der Waals surface area contributed by atoms with Crippen molar-refractivity contribution in [3.63, 3.8) is 0 Å². The molecule has 0 aromatic rings. The summed E-state index contributed by atoms with van der Waals surface area (Å²) in [5.41, 5.74) is 2.03. The first-order valence-corrected chi connectivity index (χ1v) is 4.57. The van der Waals surface area contributed by atoms with Gasteiger partial charge in [0.2, 0.25) is 0 Å². The van der Waals surface area contributed by atoms with Gasteiger partial charge in [0.1, 0.15) is 0 Å². The van der Waals surface area contributed by atoms with Gasteiger partial charge in [-0.15, -0.1) is 0 Å². The van der Waals surface area contributed by atoms with Crippen LogP contribution in [-0.2, 0) is 9.63 Å². The summed E-state index contributed by atoms with van der Waals surface area (Å²) in [6.07, 6.45) is 0.819. The number of urea groups is 1. The highest BCUT2D eigenvalue weighted by molar-refractivity contribution is 5.73. The lowest BCUT2D eigenvalue weighted by Gasteiger charge is -2.16. The predicted octanol–water partition coefficient (Wildman–Crippen LogP) is -0.746. The molecule has 88 valence electrons. The highest BCUT2D eigenvalue weighted by Crippen LogP contribution is 1.87. The van der Waals surface area contributed by atoms with Crippen molar-refractivity contribution < 1.29 is 19.5 Å². The Bertz CT molecular complexity index is 210. The Kier molecular flexibility index (Phi) is 7.29. The molecule has 0 heterocycles. The standard InChI is InChI=1S/C8H17N3O4/c1-9-4-3-5-11(2)8(14)10-15-6-7(12)13/h9H,3-6H2,1-2H3,(H,10,14)(H,12,13). The summed E-state index contributed by atoms with van der Waals surface area (Å²) in [6.45, 7) is 0.840. The van der Waals surface area contributed by atoms with E-state index in [-0.39, 0.29) is 0 Å². The number of rotatable bonds is 7. The molecule has 0 spiro atoms. The third kappa shape index (κ3) is 7.71. The summed E-state index contributed by atoms with van der Waals surface area (Å²) in [5, 5.41) is 11.2. The number of carboxylic acid groups (broad SMARTS) is 1. The van der Waals surface area contributed by atoms with E-state index in [1.807, 2.05) is 12.5 Å². The fourth-order valence-electron chi connectivity index (χ4n) is 0.832. The van der Waals surface area contributed by atoms with Crippen molar-refractivity contribution >= 4 is 12.0 Å². The van der Waals surface area contributed by atoms with E-state index in [1.165, 1.54) is 4.90 Å². The molecule has 0 aromatic carbocycles. The first kappa shape index (κ1) is 13.7. The first-order valence-electron chi connectivity index (χ1n) is 4.57. The third-order valence-corrected chi connectivity index (χ3v) is 1.62. The van der Waals surface area contributed by atoms with Crippen LogP contribution in [0.1, 0.15) is 6.42 Å². The third-order valence-electron chi connectivity index (χ3n) is 1.62. The Balaban J connectivity index is 3.55. The molecule has 0 bridgehead atoms. The monoisotopic (exact) mass is 219 g/mol. The zero-order valence-corrected chi connectivity index (χ0v) is 8.95. The van der Waals surface area contributed by atoms with Gasteiger partial charge in [-0.1, -0.05) is 0 Å². The summed E-state index contributed by atoms with van der Waals surface area (Å²) in [6, 6.07) is -0.452. The number of carbonyl (C=O) groups is 2. The van der Waals surface area contributed by atoms with Gasteiger partial charge in [-0.3, -0.25) is 4.84 Å². The van der Waals surface area contributed by atoms with Crippen LogP contribution in [0.2, 0.25) is 0 Å². The number of nitrogens with one attached hydrogen (secondary N) is 2. The summed E-state index contributed by atoms with van der Waals surface area (Å²) in [7, 11) is 3.44. The van der Waals surface area contributed by atoms with E-state index in [0.717, 1.165) is 13.0 Å². The van der Waals surface area contributed by atoms with Crippen molar-refractivity contribution in [3.05, 3.63) is 0 Å². The van der Waals surface area contributed by atoms with Gasteiger partial charge in [-0.25, -0.2) is 15.1 Å². The largest absolute Gasteiger partial charge is 0.479 e. The van der Waals surface area contributed by atoms with Crippen LogP contribution in [-0.4, -0.2) is 55.8 Å². The summed E-state index contributed by atoms with van der Waals surface area (Å²) >= 11 is 0. The predicted molar refractivity (Wildman–Crippen MR) is 53.3 cm³/mol. The van der Waals surface area contributed by atoms with Gasteiger partial charge in [0.05, 0.1) is 0 Å². The van der Waals surface area contributed by atoms with Crippen molar-refractivity contribution in [1.82, 2.24) is 15.7 Å². The van der Waals surface area contributed by atoms with Crippen molar-refractivity contribution in [3.8, 4) is 0 Å². The molecule has 15 heavy (non-hydrogen) atoms. The highest BCUT2D eigenvalue weighted by atomic mass is 16.7. The maximum Gasteiger partial charge on any atom is 0.341 e. The Labute approximate surface area is 88.3 Å². The van der Waals surface area contributed by atoms with Crippen molar-refractivity contribution in [1.29, 1.82) is 0 Å². The quantitative estimate of drug-likeness (QED) is 0.387. The second kappa shape index (κ2) is 8.01. The molecule has 0 aromatic heterocycles. The average Bonchev–Trinajstić information content (AvgIpc) is 2.17. The SMILES string of the molecule is CNCCCN(C)C(=O)NOCC(=O)O. The second-order valence-electron chi connectivity index (χ2n) is 2.97. The van der Waals surface area contributed by atoms with Crippen LogP contribution in [0.25, 0.3) is 0 Å². The van der Waals surface area contributed by atoms with Crippen LogP contribution >= 0.6 is 0 Å². The Hall–Kier alpha value is -1.34. The molecule has 0 aliphatic rings. The van der Waals surface area contributed by atoms with Gasteiger partial charge >= 0.3 is 12.0 Å². The van der Waals surface area contributed by atoms with E-state index in [2.05, 4.69) is 10.2 Å². The lowest BCUT2D eigenvalue weighted by Crippen LogP contribution is -2.39. The van der Waals surface area contributed by atoms with E-state index >= 15 is 0 Å². The highest BCUT2D eigenvalue weighted by Gasteiger charge is 2.07. The average molecular weight is 219 g/mol. The van der Waals surface area contributed by atoms with Gasteiger partial charge < -0.3 is 15.3 Å². The lowest BCUT2D eigenvalue weighted by molar-refractivity contribution is -0.144. The van der Waals surface area contributed by atoms with Gasteiger partial charge in [0.25, 0.3) is 0 Å². The van der Waals surface area contributed by atoms with E-state index in [1.54, 1.807) is 7.05 Å².